The van der Waals surface area contributed by atoms with Gasteiger partial charge in [0.25, 0.3) is 0 Å². The van der Waals surface area contributed by atoms with Crippen LogP contribution in [-0.2, 0) is 19.9 Å². The van der Waals surface area contributed by atoms with Gasteiger partial charge in [-0.05, 0) is 65.4 Å². The first-order valence-electron chi connectivity index (χ1n) is 10.8. The van der Waals surface area contributed by atoms with Crippen molar-refractivity contribution < 1.29 is 4.74 Å². The van der Waals surface area contributed by atoms with E-state index in [4.69, 9.17) is 15.5 Å². The number of aromatic amines is 1. The van der Waals surface area contributed by atoms with Crippen LogP contribution in [0.4, 0.5) is 0 Å². The Labute approximate surface area is 187 Å². The van der Waals surface area contributed by atoms with E-state index in [1.54, 1.807) is 7.11 Å². The van der Waals surface area contributed by atoms with E-state index in [-0.39, 0.29) is 0 Å². The molecule has 1 aliphatic heterocycles. The van der Waals surface area contributed by atoms with Gasteiger partial charge in [-0.15, -0.1) is 0 Å². The number of guanidine groups is 1. The number of aliphatic imine (C=N–C) groups is 1. The number of hydrogen-bond acceptors (Lipinski definition) is 3. The largest absolute Gasteiger partial charge is 0.497 e. The highest BCUT2D eigenvalue weighted by atomic mass is 16.5. The van der Waals surface area contributed by atoms with Crippen LogP contribution in [0.2, 0.25) is 0 Å². The fourth-order valence-corrected chi connectivity index (χ4v) is 4.37. The molecule has 5 rings (SSSR count). The van der Waals surface area contributed by atoms with Crippen LogP contribution < -0.4 is 21.1 Å². The maximum atomic E-state index is 6.65. The number of nitrogens with two attached hydrogens (primary N) is 1. The molecule has 0 saturated heterocycles. The smallest absolute Gasteiger partial charge is 0.197 e. The van der Waals surface area contributed by atoms with Crippen LogP contribution in [0.25, 0.3) is 21.8 Å². The van der Waals surface area contributed by atoms with E-state index >= 15 is 0 Å². The fourth-order valence-electron chi connectivity index (χ4n) is 4.37. The molecule has 4 aromatic rings. The molecule has 32 heavy (non-hydrogen) atoms. The predicted molar refractivity (Wildman–Crippen MR) is 130 cm³/mol. The van der Waals surface area contributed by atoms with Crippen molar-refractivity contribution in [3.63, 3.8) is 0 Å². The molecule has 0 bridgehead atoms. The molecule has 1 atom stereocenters. The van der Waals surface area contributed by atoms with Crippen LogP contribution in [0.3, 0.4) is 0 Å². The Bertz CT molecular complexity index is 1330. The Kier molecular flexibility index (Phi) is 5.11. The molecule has 1 aliphatic rings. The van der Waals surface area contributed by atoms with Crippen LogP contribution in [0, 0.1) is 0 Å². The number of methoxy groups -OCH3 is 1. The normalized spacial score (nSPS) is 19.4. The van der Waals surface area contributed by atoms with Gasteiger partial charge in [0, 0.05) is 55.0 Å². The summed E-state index contributed by atoms with van der Waals surface area (Å²) in [5.41, 5.74) is 10.7. The zero-order valence-electron chi connectivity index (χ0n) is 18.4. The highest BCUT2D eigenvalue weighted by molar-refractivity contribution is 5.86. The third kappa shape index (κ3) is 3.94. The lowest BCUT2D eigenvalue weighted by Gasteiger charge is -2.32. The number of benzene rings is 2. The number of ether oxygens (including phenoxy) is 1. The number of rotatable bonds is 6. The van der Waals surface area contributed by atoms with Gasteiger partial charge >= 0.3 is 0 Å². The highest BCUT2D eigenvalue weighted by Gasteiger charge is 2.26. The van der Waals surface area contributed by atoms with E-state index in [1.807, 2.05) is 24.5 Å². The number of fused-ring (bicyclic) bond motifs is 2. The van der Waals surface area contributed by atoms with Crippen molar-refractivity contribution in [2.75, 3.05) is 13.7 Å². The summed E-state index contributed by atoms with van der Waals surface area (Å²) in [6, 6.07) is 14.6. The third-order valence-electron chi connectivity index (χ3n) is 6.00. The van der Waals surface area contributed by atoms with Gasteiger partial charge in [0.05, 0.1) is 7.11 Å². The van der Waals surface area contributed by atoms with Crippen molar-refractivity contribution in [1.29, 1.82) is 0 Å². The van der Waals surface area contributed by atoms with Crippen molar-refractivity contribution in [3.8, 4) is 5.75 Å². The van der Waals surface area contributed by atoms with Gasteiger partial charge < -0.3 is 30.7 Å². The third-order valence-corrected chi connectivity index (χ3v) is 6.00. The van der Waals surface area contributed by atoms with Crippen LogP contribution in [0.1, 0.15) is 11.1 Å². The summed E-state index contributed by atoms with van der Waals surface area (Å²) in [6.07, 6.45) is 9.41. The van der Waals surface area contributed by atoms with E-state index in [0.717, 1.165) is 17.7 Å². The molecular formula is C25H28N6O. The Morgan fingerprint density at radius 3 is 2.94 bits per heavy atom. The monoisotopic (exact) mass is 428 g/mol. The zero-order chi connectivity index (χ0) is 22.1. The lowest BCUT2D eigenvalue weighted by Crippen LogP contribution is -2.61. The van der Waals surface area contributed by atoms with Crippen molar-refractivity contribution in [2.45, 2.75) is 18.5 Å². The van der Waals surface area contributed by atoms with E-state index in [1.165, 1.54) is 27.4 Å². The summed E-state index contributed by atoms with van der Waals surface area (Å²) in [5.74, 6) is 1.55. The lowest BCUT2D eigenvalue weighted by molar-refractivity contribution is 0.415. The Morgan fingerprint density at radius 2 is 2.06 bits per heavy atom. The minimum absolute atomic E-state index is 0.644. The molecule has 1 unspecified atom stereocenters. The van der Waals surface area contributed by atoms with E-state index < -0.39 is 5.66 Å². The van der Waals surface area contributed by atoms with Crippen LogP contribution >= 0.6 is 0 Å². The van der Waals surface area contributed by atoms with Gasteiger partial charge in [-0.25, -0.2) is 0 Å². The molecule has 0 fully saturated rings. The number of H-pyrrole nitrogens is 1. The molecule has 2 aromatic heterocycles. The van der Waals surface area contributed by atoms with Crippen molar-refractivity contribution >= 4 is 27.8 Å². The number of aromatic nitrogens is 2. The number of nitrogens with one attached hydrogen (secondary N) is 3. The van der Waals surface area contributed by atoms with Gasteiger partial charge in [0.2, 0.25) is 0 Å². The van der Waals surface area contributed by atoms with Crippen molar-refractivity contribution in [3.05, 3.63) is 78.3 Å². The average Bonchev–Trinajstić information content (AvgIpc) is 3.37. The van der Waals surface area contributed by atoms with Crippen LogP contribution in [-0.4, -0.2) is 34.8 Å². The van der Waals surface area contributed by atoms with E-state index in [2.05, 4.69) is 69.8 Å². The minimum Gasteiger partial charge on any atom is -0.497 e. The molecule has 0 spiro atoms. The number of hydrogen-bond donors (Lipinski definition) is 4. The molecule has 2 aromatic carbocycles. The van der Waals surface area contributed by atoms with Crippen LogP contribution in [0.5, 0.6) is 5.75 Å². The Balaban J connectivity index is 1.28. The zero-order valence-corrected chi connectivity index (χ0v) is 18.4. The molecule has 7 heteroatoms. The lowest BCUT2D eigenvalue weighted by atomic mass is 9.98. The van der Waals surface area contributed by atoms with Gasteiger partial charge in [-0.2, -0.15) is 0 Å². The Hall–Kier alpha value is -3.71. The molecule has 0 amide bonds. The second-order valence-electron chi connectivity index (χ2n) is 8.35. The summed E-state index contributed by atoms with van der Waals surface area (Å²) in [4.78, 5) is 7.96. The second kappa shape index (κ2) is 8.09. The van der Waals surface area contributed by atoms with Gasteiger partial charge in [-0.1, -0.05) is 6.07 Å². The summed E-state index contributed by atoms with van der Waals surface area (Å²) in [6.45, 7) is 0.644. The predicted octanol–water partition coefficient (Wildman–Crippen LogP) is 3.17. The molecular weight excluding hydrogens is 400 g/mol. The second-order valence-corrected chi connectivity index (χ2v) is 8.35. The first-order valence-corrected chi connectivity index (χ1v) is 10.8. The maximum Gasteiger partial charge on any atom is 0.197 e. The number of aryl methyl sites for hydroxylation is 1. The molecule has 7 nitrogen and oxygen atoms in total. The summed E-state index contributed by atoms with van der Waals surface area (Å²) >= 11 is 0. The highest BCUT2D eigenvalue weighted by Crippen LogP contribution is 2.26. The first-order chi connectivity index (χ1) is 15.5. The van der Waals surface area contributed by atoms with Crippen molar-refractivity contribution in [1.82, 2.24) is 20.2 Å². The minimum atomic E-state index is -0.694. The molecule has 3 heterocycles. The standard InChI is InChI=1S/C25H28N6O/c1-31-16-19(21-14-20(32-2)4-6-23(21)31)8-11-28-24-29-12-9-25(26,30-24)15-17-3-5-22-18(13-17)7-10-27-22/h3-7,9-10,12-14,16,27H,8,11,15,26H2,1-2H3,(H2,28,29,30). The summed E-state index contributed by atoms with van der Waals surface area (Å²) in [7, 11) is 3.76. The topological polar surface area (TPSA) is 92.4 Å². The van der Waals surface area contributed by atoms with Gasteiger partial charge in [-0.3, -0.25) is 4.99 Å². The van der Waals surface area contributed by atoms with E-state index in [0.29, 0.717) is 18.9 Å². The Morgan fingerprint density at radius 1 is 1.16 bits per heavy atom. The average molecular weight is 429 g/mol. The molecule has 0 saturated carbocycles. The van der Waals surface area contributed by atoms with E-state index in [9.17, 15) is 0 Å². The quantitative estimate of drug-likeness (QED) is 0.380. The maximum absolute atomic E-state index is 6.65. The number of nitrogens with zero attached hydrogens (tertiary/aromatic N) is 2. The molecule has 0 radical (unpaired) electrons. The van der Waals surface area contributed by atoms with Crippen molar-refractivity contribution in [2.24, 2.45) is 17.8 Å². The van der Waals surface area contributed by atoms with Gasteiger partial charge in [0.1, 0.15) is 11.4 Å². The molecule has 0 aliphatic carbocycles. The van der Waals surface area contributed by atoms with Crippen LogP contribution in [0.15, 0.2) is 72.1 Å². The SMILES string of the molecule is COc1ccc2c(c1)c(CCN=C1NC=CC(N)(Cc3ccc4[nH]ccc4c3)N1)cn2C. The first kappa shape index (κ1) is 20.2. The van der Waals surface area contributed by atoms with Gasteiger partial charge in [0.15, 0.2) is 5.96 Å². The molecule has 164 valence electrons. The fraction of sp³-hybridized carbons (Fsp3) is 0.240. The summed E-state index contributed by atoms with van der Waals surface area (Å²) in [5, 5.41) is 8.93. The molecule has 5 N–H and O–H groups in total. The summed E-state index contributed by atoms with van der Waals surface area (Å²) < 4.78 is 7.54.